The lowest BCUT2D eigenvalue weighted by Gasteiger charge is -2.30. The molecule has 1 N–H and O–H groups in total. The summed E-state index contributed by atoms with van der Waals surface area (Å²) in [5.41, 5.74) is 1.32. The largest absolute Gasteiger partial charge is 0.494 e. The Bertz CT molecular complexity index is 1160. The Labute approximate surface area is 207 Å². The normalized spacial score (nSPS) is 12.9. The van der Waals surface area contributed by atoms with Crippen molar-refractivity contribution >= 4 is 15.9 Å². The first kappa shape index (κ1) is 25.7. The van der Waals surface area contributed by atoms with Crippen molar-refractivity contribution in [3.05, 3.63) is 79.9 Å². The Balaban J connectivity index is 2.33. The predicted molar refractivity (Wildman–Crippen MR) is 133 cm³/mol. The molecule has 2 unspecified atom stereocenters. The molecule has 3 rings (SSSR count). The van der Waals surface area contributed by atoms with Gasteiger partial charge in [-0.1, -0.05) is 12.1 Å². The molecule has 0 saturated carbocycles. The number of hydrogen-bond donors (Lipinski definition) is 1. The van der Waals surface area contributed by atoms with Crippen molar-refractivity contribution < 1.29 is 18.6 Å². The molecule has 0 saturated heterocycles. The number of aromatic nitrogens is 2. The minimum absolute atomic E-state index is 0.116. The lowest BCUT2D eigenvalue weighted by atomic mass is 9.75. The molecule has 182 valence electrons. The summed E-state index contributed by atoms with van der Waals surface area (Å²) in [5, 5.41) is 0. The molecule has 0 aliphatic carbocycles. The average Bonchev–Trinajstić information content (AvgIpc) is 2.83. The first-order valence-corrected chi connectivity index (χ1v) is 11.5. The molecule has 9 heteroatoms. The second-order valence-electron chi connectivity index (χ2n) is 8.13. The third-order valence-electron chi connectivity index (χ3n) is 5.72. The summed E-state index contributed by atoms with van der Waals surface area (Å²) in [6, 6.07) is 10.3. The van der Waals surface area contributed by atoms with Gasteiger partial charge < -0.3 is 24.1 Å². The molecule has 0 spiro atoms. The molecule has 2 atom stereocenters. The van der Waals surface area contributed by atoms with Gasteiger partial charge in [-0.3, -0.25) is 4.79 Å². The van der Waals surface area contributed by atoms with E-state index in [1.54, 1.807) is 42.6 Å². The van der Waals surface area contributed by atoms with Crippen LogP contribution in [0.15, 0.2) is 51.9 Å². The summed E-state index contributed by atoms with van der Waals surface area (Å²) in [7, 11) is 8.41. The van der Waals surface area contributed by atoms with Gasteiger partial charge in [-0.05, 0) is 72.2 Å². The third kappa shape index (κ3) is 5.77. The molecule has 7 nitrogen and oxygen atoms in total. The van der Waals surface area contributed by atoms with E-state index in [-0.39, 0.29) is 17.2 Å². The van der Waals surface area contributed by atoms with Crippen molar-refractivity contribution in [2.75, 3.05) is 42.0 Å². The standard InChI is InChI=1S/C25H29BrFN3O4/c1-30(2)10-9-17(15-11-21(33-4)29-22(12-15)34-5)23(19-13-16(26)14-28-25(19)31)18-7-6-8-20(32-3)24(18)27/h6-8,11-14,17,23H,9-10H2,1-5H3,(H,28,31). The fourth-order valence-electron chi connectivity index (χ4n) is 4.08. The van der Waals surface area contributed by atoms with Crippen LogP contribution in [0.5, 0.6) is 17.5 Å². The van der Waals surface area contributed by atoms with Crippen LogP contribution in [-0.4, -0.2) is 56.8 Å². The number of rotatable bonds is 10. The molecule has 34 heavy (non-hydrogen) atoms. The molecule has 2 aromatic heterocycles. The zero-order valence-corrected chi connectivity index (χ0v) is 21.5. The SMILES string of the molecule is COc1cc(C(CCN(C)C)C(c2cccc(OC)c2F)c2cc(Br)c[nH]c2=O)cc(OC)n1. The Kier molecular flexibility index (Phi) is 8.68. The van der Waals surface area contributed by atoms with Crippen molar-refractivity contribution in [2.24, 2.45) is 0 Å². The molecular weight excluding hydrogens is 505 g/mol. The maximum absolute atomic E-state index is 15.7. The Hall–Kier alpha value is -2.91. The zero-order chi connectivity index (χ0) is 24.8. The van der Waals surface area contributed by atoms with Crippen LogP contribution >= 0.6 is 15.9 Å². The fraction of sp³-hybridized carbons (Fsp3) is 0.360. The van der Waals surface area contributed by atoms with Crippen LogP contribution in [0.2, 0.25) is 0 Å². The number of nitrogens with one attached hydrogen (secondary N) is 1. The van der Waals surface area contributed by atoms with Crippen molar-refractivity contribution in [2.45, 2.75) is 18.3 Å². The Morgan fingerprint density at radius 2 is 1.74 bits per heavy atom. The van der Waals surface area contributed by atoms with E-state index >= 15 is 4.39 Å². The number of benzene rings is 1. The van der Waals surface area contributed by atoms with Gasteiger partial charge in [0.15, 0.2) is 11.6 Å². The van der Waals surface area contributed by atoms with Gasteiger partial charge in [0.2, 0.25) is 11.8 Å². The van der Waals surface area contributed by atoms with E-state index in [9.17, 15) is 4.79 Å². The number of H-pyrrole nitrogens is 1. The zero-order valence-electron chi connectivity index (χ0n) is 19.9. The fourth-order valence-corrected chi connectivity index (χ4v) is 4.44. The van der Waals surface area contributed by atoms with Gasteiger partial charge in [0.25, 0.3) is 5.56 Å². The first-order valence-electron chi connectivity index (χ1n) is 10.7. The van der Waals surface area contributed by atoms with Gasteiger partial charge in [-0.25, -0.2) is 4.39 Å². The molecule has 0 radical (unpaired) electrons. The average molecular weight is 534 g/mol. The molecule has 1 aromatic carbocycles. The van der Waals surface area contributed by atoms with Crippen LogP contribution in [0.3, 0.4) is 0 Å². The van der Waals surface area contributed by atoms with Crippen LogP contribution in [0.4, 0.5) is 4.39 Å². The van der Waals surface area contributed by atoms with Crippen LogP contribution < -0.4 is 19.8 Å². The maximum Gasteiger partial charge on any atom is 0.251 e. The molecule has 3 aromatic rings. The van der Waals surface area contributed by atoms with Crippen LogP contribution in [0.25, 0.3) is 0 Å². The minimum atomic E-state index is -0.631. The van der Waals surface area contributed by atoms with Gasteiger partial charge >= 0.3 is 0 Å². The molecular formula is C25H29BrFN3O4. The topological polar surface area (TPSA) is 76.7 Å². The molecule has 0 amide bonds. The molecule has 0 bridgehead atoms. The molecule has 2 heterocycles. The number of aromatic amines is 1. The first-order chi connectivity index (χ1) is 16.3. The summed E-state index contributed by atoms with van der Waals surface area (Å²) in [6.45, 7) is 0.700. The summed E-state index contributed by atoms with van der Waals surface area (Å²) >= 11 is 3.45. The molecule has 0 fully saturated rings. The van der Waals surface area contributed by atoms with E-state index in [2.05, 4.69) is 25.9 Å². The highest BCUT2D eigenvalue weighted by atomic mass is 79.9. The number of pyridine rings is 2. The van der Waals surface area contributed by atoms with Crippen LogP contribution in [-0.2, 0) is 0 Å². The van der Waals surface area contributed by atoms with Gasteiger partial charge in [-0.2, -0.15) is 4.98 Å². The second kappa shape index (κ2) is 11.5. The van der Waals surface area contributed by atoms with Gasteiger partial charge in [0.1, 0.15) is 0 Å². The van der Waals surface area contributed by atoms with Crippen molar-refractivity contribution in [1.29, 1.82) is 0 Å². The highest BCUT2D eigenvalue weighted by Gasteiger charge is 2.32. The summed E-state index contributed by atoms with van der Waals surface area (Å²) < 4.78 is 32.4. The smallest absolute Gasteiger partial charge is 0.251 e. The van der Waals surface area contributed by atoms with Gasteiger partial charge in [0, 0.05) is 34.3 Å². The number of halogens is 2. The third-order valence-corrected chi connectivity index (χ3v) is 6.17. The van der Waals surface area contributed by atoms with Crippen LogP contribution in [0.1, 0.15) is 34.9 Å². The van der Waals surface area contributed by atoms with Crippen molar-refractivity contribution in [1.82, 2.24) is 14.9 Å². The summed E-state index contributed by atoms with van der Waals surface area (Å²) in [6.07, 6.45) is 2.19. The molecule has 0 aliphatic rings. The summed E-state index contributed by atoms with van der Waals surface area (Å²) in [4.78, 5) is 22.2. The van der Waals surface area contributed by atoms with E-state index in [0.29, 0.717) is 40.3 Å². The minimum Gasteiger partial charge on any atom is -0.494 e. The lowest BCUT2D eigenvalue weighted by molar-refractivity contribution is 0.353. The van der Waals surface area contributed by atoms with Gasteiger partial charge in [-0.15, -0.1) is 0 Å². The monoisotopic (exact) mass is 533 g/mol. The van der Waals surface area contributed by atoms with E-state index in [4.69, 9.17) is 14.2 Å². The second-order valence-corrected chi connectivity index (χ2v) is 9.04. The number of nitrogens with zero attached hydrogens (tertiary/aromatic N) is 2. The number of ether oxygens (including phenoxy) is 3. The van der Waals surface area contributed by atoms with E-state index in [1.807, 2.05) is 19.0 Å². The highest BCUT2D eigenvalue weighted by molar-refractivity contribution is 9.10. The number of methoxy groups -OCH3 is 3. The highest BCUT2D eigenvalue weighted by Crippen LogP contribution is 2.43. The van der Waals surface area contributed by atoms with Crippen molar-refractivity contribution in [3.63, 3.8) is 0 Å². The quantitative estimate of drug-likeness (QED) is 0.411. The number of hydrogen-bond acceptors (Lipinski definition) is 6. The van der Waals surface area contributed by atoms with E-state index in [0.717, 1.165) is 5.56 Å². The predicted octanol–water partition coefficient (Wildman–Crippen LogP) is 4.56. The van der Waals surface area contributed by atoms with Crippen LogP contribution in [0, 0.1) is 5.82 Å². The Morgan fingerprint density at radius 3 is 2.32 bits per heavy atom. The lowest BCUT2D eigenvalue weighted by Crippen LogP contribution is -2.26. The Morgan fingerprint density at radius 1 is 1.06 bits per heavy atom. The van der Waals surface area contributed by atoms with E-state index in [1.165, 1.54) is 21.3 Å². The maximum atomic E-state index is 15.7. The molecule has 0 aliphatic heterocycles. The van der Waals surface area contributed by atoms with Crippen molar-refractivity contribution in [3.8, 4) is 17.5 Å². The van der Waals surface area contributed by atoms with E-state index < -0.39 is 11.7 Å². The summed E-state index contributed by atoms with van der Waals surface area (Å²) in [5.74, 6) is -0.588. The van der Waals surface area contributed by atoms with Gasteiger partial charge in [0.05, 0.1) is 21.3 Å².